The molecule has 2 heterocycles. The van der Waals surface area contributed by atoms with Gasteiger partial charge in [0.05, 0.1) is 0 Å². The van der Waals surface area contributed by atoms with Gasteiger partial charge in [0.15, 0.2) is 5.96 Å². The van der Waals surface area contributed by atoms with Gasteiger partial charge >= 0.3 is 0 Å². The predicted molar refractivity (Wildman–Crippen MR) is 127 cm³/mol. The minimum absolute atomic E-state index is 0.0967. The second-order valence-corrected chi connectivity index (χ2v) is 9.03. The fourth-order valence-electron chi connectivity index (χ4n) is 5.00. The number of nitrogens with one attached hydrogen (secondary N) is 2. The number of likely N-dealkylation sites (tertiary alicyclic amines) is 1. The molecule has 2 N–H and O–H groups in total. The lowest BCUT2D eigenvalue weighted by molar-refractivity contribution is 0.0513. The molecule has 0 amide bonds. The lowest BCUT2D eigenvalue weighted by Gasteiger charge is -2.38. The zero-order valence-electron chi connectivity index (χ0n) is 18.9. The summed E-state index contributed by atoms with van der Waals surface area (Å²) in [5, 5.41) is 7.34. The summed E-state index contributed by atoms with van der Waals surface area (Å²) in [7, 11) is 1.87. The highest BCUT2D eigenvalue weighted by Gasteiger charge is 2.35. The van der Waals surface area contributed by atoms with Gasteiger partial charge in [0.1, 0.15) is 0 Å². The molecule has 2 fully saturated rings. The van der Waals surface area contributed by atoms with Crippen LogP contribution in [-0.2, 0) is 16.7 Å². The molecule has 2 aromatic carbocycles. The molecule has 5 heteroatoms. The maximum absolute atomic E-state index is 5.68. The Morgan fingerprint density at radius 3 is 2.42 bits per heavy atom. The van der Waals surface area contributed by atoms with Crippen LogP contribution in [0.5, 0.6) is 0 Å². The van der Waals surface area contributed by atoms with Gasteiger partial charge in [-0.05, 0) is 37.3 Å². The van der Waals surface area contributed by atoms with Crippen molar-refractivity contribution in [1.29, 1.82) is 0 Å². The third kappa shape index (κ3) is 5.46. The number of hydrogen-bond donors (Lipinski definition) is 2. The van der Waals surface area contributed by atoms with E-state index in [1.54, 1.807) is 0 Å². The summed E-state index contributed by atoms with van der Waals surface area (Å²) < 4.78 is 5.68. The maximum atomic E-state index is 5.68. The fraction of sp³-hybridized carbons (Fsp3) is 0.500. The summed E-state index contributed by atoms with van der Waals surface area (Å²) >= 11 is 0. The summed E-state index contributed by atoms with van der Waals surface area (Å²) in [6.45, 7) is 6.87. The molecule has 2 unspecified atom stereocenters. The molecule has 0 spiro atoms. The molecule has 0 bridgehead atoms. The Hall–Kier alpha value is -2.37. The highest BCUT2D eigenvalue weighted by molar-refractivity contribution is 5.80. The van der Waals surface area contributed by atoms with Crippen LogP contribution >= 0.6 is 0 Å². The van der Waals surface area contributed by atoms with E-state index >= 15 is 0 Å². The number of guanidine groups is 1. The van der Waals surface area contributed by atoms with Crippen molar-refractivity contribution in [2.45, 2.75) is 50.2 Å². The average molecular weight is 421 g/mol. The predicted octanol–water partition coefficient (Wildman–Crippen LogP) is 3.56. The summed E-state index contributed by atoms with van der Waals surface area (Å²) in [5.41, 5.74) is 2.87. The molecule has 2 atom stereocenters. The number of benzene rings is 2. The summed E-state index contributed by atoms with van der Waals surface area (Å²) in [5.74, 6) is 0.903. The van der Waals surface area contributed by atoms with Crippen LogP contribution in [0, 0.1) is 0 Å². The van der Waals surface area contributed by atoms with Crippen molar-refractivity contribution < 1.29 is 4.74 Å². The first-order chi connectivity index (χ1) is 15.2. The van der Waals surface area contributed by atoms with Crippen LogP contribution in [0.4, 0.5) is 0 Å². The van der Waals surface area contributed by atoms with Gasteiger partial charge < -0.3 is 15.4 Å². The molecule has 0 aliphatic carbocycles. The second-order valence-electron chi connectivity index (χ2n) is 9.03. The molecule has 0 aromatic heterocycles. The highest BCUT2D eigenvalue weighted by Crippen LogP contribution is 2.34. The van der Waals surface area contributed by atoms with E-state index in [-0.39, 0.29) is 5.41 Å². The van der Waals surface area contributed by atoms with Crippen molar-refractivity contribution in [2.24, 2.45) is 4.99 Å². The van der Waals surface area contributed by atoms with Crippen LogP contribution in [0.1, 0.15) is 37.3 Å². The summed E-state index contributed by atoms with van der Waals surface area (Å²) in [6.07, 6.45) is 3.20. The minimum Gasteiger partial charge on any atom is -0.381 e. The Balaban J connectivity index is 1.35. The van der Waals surface area contributed by atoms with Crippen LogP contribution in [0.3, 0.4) is 0 Å². The molecule has 2 aliphatic rings. The van der Waals surface area contributed by atoms with Crippen LogP contribution in [0.15, 0.2) is 65.7 Å². The molecule has 2 aliphatic heterocycles. The summed E-state index contributed by atoms with van der Waals surface area (Å²) in [6, 6.07) is 22.6. The quantitative estimate of drug-likeness (QED) is 0.554. The maximum Gasteiger partial charge on any atom is 0.191 e. The Morgan fingerprint density at radius 2 is 1.74 bits per heavy atom. The number of aliphatic imine (C=N–C) groups is 1. The molecule has 0 saturated carbocycles. The normalized spacial score (nSPS) is 24.1. The molecule has 2 aromatic rings. The lowest BCUT2D eigenvalue weighted by atomic mass is 9.74. The van der Waals surface area contributed by atoms with Crippen LogP contribution in [0.25, 0.3) is 0 Å². The summed E-state index contributed by atoms with van der Waals surface area (Å²) in [4.78, 5) is 7.10. The van der Waals surface area contributed by atoms with Crippen molar-refractivity contribution in [3.8, 4) is 0 Å². The number of ether oxygens (including phenoxy) is 1. The SMILES string of the molecule is CN=C(NCC1(c2ccccc2)CCOCC1)NC1CC(C)N(Cc2ccccc2)C1. The second kappa shape index (κ2) is 10.3. The highest BCUT2D eigenvalue weighted by atomic mass is 16.5. The minimum atomic E-state index is 0.0967. The van der Waals surface area contributed by atoms with Crippen LogP contribution in [-0.4, -0.2) is 56.3 Å². The van der Waals surface area contributed by atoms with Gasteiger partial charge in [-0.2, -0.15) is 0 Å². The van der Waals surface area contributed by atoms with Crippen molar-refractivity contribution in [1.82, 2.24) is 15.5 Å². The molecular weight excluding hydrogens is 384 g/mol. The van der Waals surface area contributed by atoms with Gasteiger partial charge in [-0.1, -0.05) is 60.7 Å². The Morgan fingerprint density at radius 1 is 1.06 bits per heavy atom. The number of rotatable bonds is 6. The average Bonchev–Trinajstić information content (AvgIpc) is 3.17. The first-order valence-electron chi connectivity index (χ1n) is 11.6. The largest absolute Gasteiger partial charge is 0.381 e. The smallest absolute Gasteiger partial charge is 0.191 e. The number of hydrogen-bond acceptors (Lipinski definition) is 3. The zero-order chi connectivity index (χ0) is 21.5. The Labute approximate surface area is 186 Å². The van der Waals surface area contributed by atoms with E-state index in [4.69, 9.17) is 4.74 Å². The fourth-order valence-corrected chi connectivity index (χ4v) is 5.00. The van der Waals surface area contributed by atoms with Gasteiger partial charge in [0, 0.05) is 57.4 Å². The van der Waals surface area contributed by atoms with E-state index in [2.05, 4.69) is 88.1 Å². The molecule has 31 heavy (non-hydrogen) atoms. The molecule has 166 valence electrons. The standard InChI is InChI=1S/C26H36N4O/c1-21-17-24(19-30(21)18-22-9-5-3-6-10-22)29-25(27-2)28-20-26(13-15-31-16-14-26)23-11-7-4-8-12-23/h3-12,21,24H,13-20H2,1-2H3,(H2,27,28,29). The molecular formula is C26H36N4O. The van der Waals surface area contributed by atoms with E-state index in [9.17, 15) is 0 Å². The van der Waals surface area contributed by atoms with E-state index in [0.717, 1.165) is 58.1 Å². The number of nitrogens with zero attached hydrogens (tertiary/aromatic N) is 2. The topological polar surface area (TPSA) is 48.9 Å². The molecule has 5 nitrogen and oxygen atoms in total. The van der Waals surface area contributed by atoms with Crippen LogP contribution in [0.2, 0.25) is 0 Å². The van der Waals surface area contributed by atoms with E-state index < -0.39 is 0 Å². The van der Waals surface area contributed by atoms with Crippen LogP contribution < -0.4 is 10.6 Å². The van der Waals surface area contributed by atoms with Gasteiger partial charge in [-0.3, -0.25) is 9.89 Å². The molecule has 2 saturated heterocycles. The van der Waals surface area contributed by atoms with Crippen molar-refractivity contribution in [3.63, 3.8) is 0 Å². The van der Waals surface area contributed by atoms with Gasteiger partial charge in [-0.25, -0.2) is 0 Å². The van der Waals surface area contributed by atoms with Crippen molar-refractivity contribution in [3.05, 3.63) is 71.8 Å². The Bertz CT molecular complexity index is 833. The lowest BCUT2D eigenvalue weighted by Crippen LogP contribution is -2.50. The zero-order valence-corrected chi connectivity index (χ0v) is 18.9. The van der Waals surface area contributed by atoms with E-state index in [0.29, 0.717) is 12.1 Å². The van der Waals surface area contributed by atoms with Gasteiger partial charge in [-0.15, -0.1) is 0 Å². The van der Waals surface area contributed by atoms with E-state index in [1.165, 1.54) is 11.1 Å². The van der Waals surface area contributed by atoms with Gasteiger partial charge in [0.25, 0.3) is 0 Å². The third-order valence-electron chi connectivity index (χ3n) is 6.93. The first-order valence-corrected chi connectivity index (χ1v) is 11.6. The molecule has 0 radical (unpaired) electrons. The van der Waals surface area contributed by atoms with Crippen molar-refractivity contribution in [2.75, 3.05) is 33.4 Å². The third-order valence-corrected chi connectivity index (χ3v) is 6.93. The van der Waals surface area contributed by atoms with Gasteiger partial charge in [0.2, 0.25) is 0 Å². The molecule has 4 rings (SSSR count). The first kappa shape index (κ1) is 21.8. The van der Waals surface area contributed by atoms with Crippen molar-refractivity contribution >= 4 is 5.96 Å². The monoisotopic (exact) mass is 420 g/mol. The van der Waals surface area contributed by atoms with E-state index in [1.807, 2.05) is 7.05 Å². The Kier molecular flexibility index (Phi) is 7.25.